The molecular formula is C19H22N4O3. The third kappa shape index (κ3) is 5.01. The normalized spacial score (nSPS) is 9.19. The maximum atomic E-state index is 10.9. The second-order valence-corrected chi connectivity index (χ2v) is 4.80. The van der Waals surface area contributed by atoms with Gasteiger partial charge in [-0.15, -0.1) is 0 Å². The van der Waals surface area contributed by atoms with Crippen molar-refractivity contribution in [1.82, 2.24) is 10.2 Å². The zero-order valence-electron chi connectivity index (χ0n) is 15.0. The summed E-state index contributed by atoms with van der Waals surface area (Å²) >= 11 is 0. The van der Waals surface area contributed by atoms with Crippen molar-refractivity contribution in [2.24, 2.45) is 0 Å². The van der Waals surface area contributed by atoms with E-state index in [1.165, 1.54) is 0 Å². The summed E-state index contributed by atoms with van der Waals surface area (Å²) in [5, 5.41) is 19.7. The van der Waals surface area contributed by atoms with Crippen LogP contribution in [0.15, 0.2) is 54.7 Å². The van der Waals surface area contributed by atoms with Crippen LogP contribution < -0.4 is 10.4 Å². The molecule has 26 heavy (non-hydrogen) atoms. The number of carboxylic acids is 1. The first-order valence-electron chi connectivity index (χ1n) is 7.98. The fourth-order valence-corrected chi connectivity index (χ4v) is 2.17. The van der Waals surface area contributed by atoms with E-state index in [-0.39, 0.29) is 5.56 Å². The van der Waals surface area contributed by atoms with Gasteiger partial charge >= 0.3 is 5.97 Å². The van der Waals surface area contributed by atoms with Gasteiger partial charge in [0.1, 0.15) is 6.79 Å². The van der Waals surface area contributed by atoms with Crippen molar-refractivity contribution in [3.8, 4) is 0 Å². The number of carboxylic acid groups (broad SMARTS) is 1. The van der Waals surface area contributed by atoms with Crippen LogP contribution in [0.25, 0.3) is 10.9 Å². The molecule has 0 aliphatic rings. The van der Waals surface area contributed by atoms with Gasteiger partial charge in [-0.05, 0) is 30.3 Å². The van der Waals surface area contributed by atoms with E-state index in [9.17, 15) is 4.79 Å². The highest BCUT2D eigenvalue weighted by atomic mass is 16.4. The van der Waals surface area contributed by atoms with Crippen molar-refractivity contribution in [3.05, 3.63) is 60.3 Å². The zero-order valence-corrected chi connectivity index (χ0v) is 15.0. The molecule has 0 fully saturated rings. The van der Waals surface area contributed by atoms with Crippen LogP contribution >= 0.6 is 0 Å². The van der Waals surface area contributed by atoms with Crippen molar-refractivity contribution in [2.45, 2.75) is 13.8 Å². The lowest BCUT2D eigenvalue weighted by Gasteiger charge is -2.22. The minimum Gasteiger partial charge on any atom is -0.478 e. The fraction of sp³-hybridized carbons (Fsp3) is 0.158. The molecule has 0 saturated heterocycles. The molecule has 3 aromatic rings. The summed E-state index contributed by atoms with van der Waals surface area (Å²) in [7, 11) is 1.85. The van der Waals surface area contributed by atoms with Crippen LogP contribution in [0, 0.1) is 0 Å². The van der Waals surface area contributed by atoms with E-state index in [1.54, 1.807) is 35.5 Å². The van der Waals surface area contributed by atoms with E-state index >= 15 is 0 Å². The molecule has 2 aromatic carbocycles. The molecule has 1 heterocycles. The van der Waals surface area contributed by atoms with Gasteiger partial charge in [0.05, 0.1) is 28.7 Å². The number of nitrogens with one attached hydrogen (secondary N) is 1. The van der Waals surface area contributed by atoms with Crippen molar-refractivity contribution < 1.29 is 14.7 Å². The SMILES string of the molecule is C=O.CC.CN(Nc1cnnc2ccccc12)c1ccc(C(=O)O)cc1. The highest BCUT2D eigenvalue weighted by molar-refractivity contribution is 5.91. The number of hydrazine groups is 1. The number of fused-ring (bicyclic) bond motifs is 1. The number of aromatic nitrogens is 2. The first-order chi connectivity index (χ1) is 12.6. The Labute approximate surface area is 152 Å². The monoisotopic (exact) mass is 354 g/mol. The molecule has 0 spiro atoms. The number of carbonyl (C=O) groups is 2. The van der Waals surface area contributed by atoms with E-state index in [1.807, 2.05) is 51.9 Å². The Morgan fingerprint density at radius 3 is 2.31 bits per heavy atom. The summed E-state index contributed by atoms with van der Waals surface area (Å²) in [6.45, 7) is 6.00. The Kier molecular flexibility index (Phi) is 8.22. The zero-order chi connectivity index (χ0) is 19.5. The highest BCUT2D eigenvalue weighted by Gasteiger charge is 2.07. The summed E-state index contributed by atoms with van der Waals surface area (Å²) in [4.78, 5) is 18.9. The van der Waals surface area contributed by atoms with Gasteiger partial charge in [-0.2, -0.15) is 10.2 Å². The lowest BCUT2D eigenvalue weighted by atomic mass is 10.2. The van der Waals surface area contributed by atoms with Crippen LogP contribution in [0.3, 0.4) is 0 Å². The maximum Gasteiger partial charge on any atom is 0.335 e. The average molecular weight is 354 g/mol. The van der Waals surface area contributed by atoms with Crippen LogP contribution in [0.5, 0.6) is 0 Å². The number of anilines is 2. The summed E-state index contributed by atoms with van der Waals surface area (Å²) < 4.78 is 0. The molecular weight excluding hydrogens is 332 g/mol. The summed E-state index contributed by atoms with van der Waals surface area (Å²) in [5.41, 5.74) is 5.97. The lowest BCUT2D eigenvalue weighted by molar-refractivity contribution is -0.0980. The van der Waals surface area contributed by atoms with Crippen molar-refractivity contribution in [2.75, 3.05) is 17.5 Å². The molecule has 136 valence electrons. The first kappa shape index (κ1) is 20.6. The molecule has 7 heteroatoms. The van der Waals surface area contributed by atoms with E-state index in [0.717, 1.165) is 22.3 Å². The molecule has 1 aromatic heterocycles. The van der Waals surface area contributed by atoms with Crippen LogP contribution in [0.4, 0.5) is 11.4 Å². The number of aromatic carboxylic acids is 1. The number of nitrogens with zero attached hydrogens (tertiary/aromatic N) is 3. The van der Waals surface area contributed by atoms with Gasteiger partial charge in [-0.1, -0.05) is 32.0 Å². The number of benzene rings is 2. The number of carbonyl (C=O) groups excluding carboxylic acids is 1. The van der Waals surface area contributed by atoms with Gasteiger partial charge in [0.2, 0.25) is 0 Å². The van der Waals surface area contributed by atoms with Crippen molar-refractivity contribution in [3.63, 3.8) is 0 Å². The van der Waals surface area contributed by atoms with E-state index in [0.29, 0.717) is 0 Å². The Bertz CT molecular complexity index is 832. The summed E-state index contributed by atoms with van der Waals surface area (Å²) in [5.74, 6) is -0.938. The molecule has 0 radical (unpaired) electrons. The molecule has 0 aliphatic heterocycles. The summed E-state index contributed by atoms with van der Waals surface area (Å²) in [6, 6.07) is 14.3. The molecule has 0 amide bonds. The minimum absolute atomic E-state index is 0.258. The van der Waals surface area contributed by atoms with Crippen LogP contribution in [-0.4, -0.2) is 35.1 Å². The maximum absolute atomic E-state index is 10.9. The molecule has 0 bridgehead atoms. The van der Waals surface area contributed by atoms with Gasteiger partial charge in [-0.25, -0.2) is 4.79 Å². The fourth-order valence-electron chi connectivity index (χ4n) is 2.17. The van der Waals surface area contributed by atoms with E-state index in [4.69, 9.17) is 9.90 Å². The molecule has 0 saturated carbocycles. The largest absolute Gasteiger partial charge is 0.478 e. The third-order valence-corrected chi connectivity index (χ3v) is 3.34. The second kappa shape index (κ2) is 10.4. The topological polar surface area (TPSA) is 95.4 Å². The smallest absolute Gasteiger partial charge is 0.335 e. The van der Waals surface area contributed by atoms with Crippen molar-refractivity contribution in [1.29, 1.82) is 0 Å². The summed E-state index contributed by atoms with van der Waals surface area (Å²) in [6.07, 6.45) is 1.66. The van der Waals surface area contributed by atoms with Gasteiger partial charge in [0.15, 0.2) is 0 Å². The lowest BCUT2D eigenvalue weighted by Crippen LogP contribution is -2.25. The van der Waals surface area contributed by atoms with Gasteiger partial charge in [-0.3, -0.25) is 10.4 Å². The van der Waals surface area contributed by atoms with Crippen LogP contribution in [-0.2, 0) is 4.79 Å². The molecule has 0 aliphatic carbocycles. The number of rotatable bonds is 4. The predicted octanol–water partition coefficient (Wildman–Crippen LogP) is 3.63. The van der Waals surface area contributed by atoms with Crippen molar-refractivity contribution >= 4 is 35.0 Å². The number of hydrogen-bond donors (Lipinski definition) is 2. The third-order valence-electron chi connectivity index (χ3n) is 3.34. The first-order valence-corrected chi connectivity index (χ1v) is 7.98. The molecule has 7 nitrogen and oxygen atoms in total. The Hall–Kier alpha value is -3.48. The van der Waals surface area contributed by atoms with Gasteiger partial charge in [0, 0.05) is 12.4 Å². The average Bonchev–Trinajstić information content (AvgIpc) is 2.71. The van der Waals surface area contributed by atoms with Crippen LogP contribution in [0.1, 0.15) is 24.2 Å². The molecule has 3 rings (SSSR count). The molecule has 0 unspecified atom stereocenters. The second-order valence-electron chi connectivity index (χ2n) is 4.80. The quantitative estimate of drug-likeness (QED) is 0.691. The molecule has 0 atom stereocenters. The Balaban J connectivity index is 0.000000791. The van der Waals surface area contributed by atoms with Gasteiger partial charge in [0.25, 0.3) is 0 Å². The van der Waals surface area contributed by atoms with E-state index < -0.39 is 5.97 Å². The van der Waals surface area contributed by atoms with Gasteiger partial charge < -0.3 is 9.90 Å². The Morgan fingerprint density at radius 2 is 1.69 bits per heavy atom. The highest BCUT2D eigenvalue weighted by Crippen LogP contribution is 2.22. The standard InChI is InChI=1S/C16H14N4O2.C2H6.CH2O/c1-20(12-8-6-11(7-9-12)16(21)22)19-15-10-17-18-14-5-3-2-4-13(14)15;2*1-2/h2-10H,1H3,(H,18,19)(H,21,22);1-2H3;1H2. The minimum atomic E-state index is -0.938. The predicted molar refractivity (Wildman–Crippen MR) is 103 cm³/mol. The Morgan fingerprint density at radius 1 is 1.08 bits per heavy atom. The van der Waals surface area contributed by atoms with Crippen LogP contribution in [0.2, 0.25) is 0 Å². The molecule has 2 N–H and O–H groups in total. The number of hydrogen-bond acceptors (Lipinski definition) is 6. The van der Waals surface area contributed by atoms with E-state index in [2.05, 4.69) is 15.6 Å².